The summed E-state index contributed by atoms with van der Waals surface area (Å²) >= 11 is 3.00. The van der Waals surface area contributed by atoms with Gasteiger partial charge in [-0.1, -0.05) is 30.3 Å². The Labute approximate surface area is 188 Å². The lowest BCUT2D eigenvalue weighted by Gasteiger charge is -2.08. The summed E-state index contributed by atoms with van der Waals surface area (Å²) in [5, 5.41) is 5.48. The highest BCUT2D eigenvalue weighted by molar-refractivity contribution is 7.13. The first-order chi connectivity index (χ1) is 15.2. The number of carbonyl (C=O) groups excluding carboxylic acids is 1. The van der Waals surface area contributed by atoms with E-state index >= 15 is 0 Å². The fraction of sp³-hybridized carbons (Fsp3) is 0.174. The molecule has 4 aromatic rings. The molecule has 0 saturated heterocycles. The van der Waals surface area contributed by atoms with Crippen LogP contribution in [0.1, 0.15) is 11.4 Å². The molecule has 158 valence electrons. The first-order valence-corrected chi connectivity index (χ1v) is 11.2. The molecule has 31 heavy (non-hydrogen) atoms. The van der Waals surface area contributed by atoms with E-state index in [-0.39, 0.29) is 19.0 Å². The van der Waals surface area contributed by atoms with Crippen LogP contribution >= 0.6 is 22.7 Å². The van der Waals surface area contributed by atoms with Crippen molar-refractivity contribution in [2.75, 3.05) is 14.2 Å². The van der Waals surface area contributed by atoms with Gasteiger partial charge in [-0.25, -0.2) is 9.97 Å². The molecule has 0 bridgehead atoms. The molecule has 2 aromatic heterocycles. The van der Waals surface area contributed by atoms with Gasteiger partial charge in [-0.15, -0.1) is 22.7 Å². The van der Waals surface area contributed by atoms with Crippen LogP contribution in [0.3, 0.4) is 0 Å². The van der Waals surface area contributed by atoms with E-state index in [1.165, 1.54) is 22.7 Å². The van der Waals surface area contributed by atoms with Crippen LogP contribution < -0.4 is 9.47 Å². The Morgan fingerprint density at radius 1 is 0.839 bits per heavy atom. The maximum absolute atomic E-state index is 12.3. The molecule has 0 aliphatic heterocycles. The Kier molecular flexibility index (Phi) is 6.59. The van der Waals surface area contributed by atoms with Crippen molar-refractivity contribution in [2.24, 2.45) is 0 Å². The molecule has 8 heteroatoms. The second kappa shape index (κ2) is 9.72. The summed E-state index contributed by atoms with van der Waals surface area (Å²) in [6, 6.07) is 15.5. The Morgan fingerprint density at radius 2 is 1.52 bits per heavy atom. The van der Waals surface area contributed by atoms with E-state index in [4.69, 9.17) is 14.2 Å². The highest BCUT2D eigenvalue weighted by atomic mass is 32.1. The number of thiazole rings is 2. The highest BCUT2D eigenvalue weighted by Crippen LogP contribution is 2.33. The molecule has 0 fully saturated rings. The SMILES string of the molecule is COc1ccc(-c2nc(CC(=O)OCc3csc(-c4ccccc4)n3)cs2)cc1OC. The highest BCUT2D eigenvalue weighted by Gasteiger charge is 2.13. The van der Waals surface area contributed by atoms with Crippen LogP contribution in [0.15, 0.2) is 59.3 Å². The van der Waals surface area contributed by atoms with Crippen LogP contribution in [0.25, 0.3) is 21.1 Å². The standard InChI is InChI=1S/C23H20N2O4S2/c1-27-19-9-8-16(10-20(19)28-2)23-24-17(13-30-23)11-21(26)29-12-18-14-31-22(25-18)15-6-4-3-5-7-15/h3-10,13-14H,11-12H2,1-2H3. The van der Waals surface area contributed by atoms with Crippen LogP contribution in [0.4, 0.5) is 0 Å². The number of ether oxygens (including phenoxy) is 3. The molecule has 0 aliphatic carbocycles. The molecule has 0 atom stereocenters. The predicted molar refractivity (Wildman–Crippen MR) is 122 cm³/mol. The van der Waals surface area contributed by atoms with Crippen LogP contribution in [-0.2, 0) is 22.6 Å². The Hall–Kier alpha value is -3.23. The fourth-order valence-corrected chi connectivity index (χ4v) is 4.56. The molecule has 6 nitrogen and oxygen atoms in total. The molecule has 0 N–H and O–H groups in total. The molecule has 0 unspecified atom stereocenters. The lowest BCUT2D eigenvalue weighted by Crippen LogP contribution is -2.08. The van der Waals surface area contributed by atoms with Gasteiger partial charge in [0.2, 0.25) is 0 Å². The van der Waals surface area contributed by atoms with Crippen LogP contribution in [0.2, 0.25) is 0 Å². The first-order valence-electron chi connectivity index (χ1n) is 9.48. The summed E-state index contributed by atoms with van der Waals surface area (Å²) in [7, 11) is 3.19. The lowest BCUT2D eigenvalue weighted by atomic mass is 10.2. The number of esters is 1. The van der Waals surface area contributed by atoms with Crippen molar-refractivity contribution in [3.8, 4) is 32.6 Å². The summed E-state index contributed by atoms with van der Waals surface area (Å²) in [5.41, 5.74) is 3.36. The van der Waals surface area contributed by atoms with Gasteiger partial charge in [-0.2, -0.15) is 0 Å². The normalized spacial score (nSPS) is 10.6. The molecule has 0 radical (unpaired) electrons. The minimum absolute atomic E-state index is 0.111. The number of nitrogens with zero attached hydrogens (tertiary/aromatic N) is 2. The Balaban J connectivity index is 1.35. The van der Waals surface area contributed by atoms with Crippen LogP contribution in [0, 0.1) is 0 Å². The maximum atomic E-state index is 12.3. The van der Waals surface area contributed by atoms with E-state index < -0.39 is 0 Å². The van der Waals surface area contributed by atoms with Crippen molar-refractivity contribution in [3.05, 3.63) is 70.7 Å². The van der Waals surface area contributed by atoms with Gasteiger partial charge in [-0.3, -0.25) is 4.79 Å². The van der Waals surface area contributed by atoms with E-state index in [0.29, 0.717) is 17.2 Å². The number of benzene rings is 2. The zero-order valence-electron chi connectivity index (χ0n) is 17.0. The smallest absolute Gasteiger partial charge is 0.312 e. The van der Waals surface area contributed by atoms with Crippen molar-refractivity contribution < 1.29 is 19.0 Å². The van der Waals surface area contributed by atoms with E-state index in [0.717, 1.165) is 26.8 Å². The zero-order valence-corrected chi connectivity index (χ0v) is 18.7. The molecule has 0 saturated carbocycles. The lowest BCUT2D eigenvalue weighted by molar-refractivity contribution is -0.144. The fourth-order valence-electron chi connectivity index (χ4n) is 2.93. The van der Waals surface area contributed by atoms with E-state index in [1.54, 1.807) is 14.2 Å². The van der Waals surface area contributed by atoms with Gasteiger partial charge < -0.3 is 14.2 Å². The number of aromatic nitrogens is 2. The van der Waals surface area contributed by atoms with Gasteiger partial charge in [0, 0.05) is 21.9 Å². The maximum Gasteiger partial charge on any atom is 0.312 e. The number of hydrogen-bond acceptors (Lipinski definition) is 8. The molecular formula is C23H20N2O4S2. The molecule has 0 amide bonds. The summed E-state index contributed by atoms with van der Waals surface area (Å²) in [5.74, 6) is 0.955. The Bertz CT molecular complexity index is 1170. The number of hydrogen-bond donors (Lipinski definition) is 0. The second-order valence-corrected chi connectivity index (χ2v) is 8.28. The van der Waals surface area contributed by atoms with E-state index in [9.17, 15) is 4.79 Å². The van der Waals surface area contributed by atoms with Gasteiger partial charge in [0.1, 0.15) is 16.6 Å². The molecule has 2 heterocycles. The van der Waals surface area contributed by atoms with Gasteiger partial charge in [-0.05, 0) is 18.2 Å². The molecule has 4 rings (SSSR count). The quantitative estimate of drug-likeness (QED) is 0.341. The van der Waals surface area contributed by atoms with Gasteiger partial charge in [0.05, 0.1) is 32.0 Å². The van der Waals surface area contributed by atoms with Gasteiger partial charge in [0.15, 0.2) is 11.5 Å². The number of rotatable bonds is 8. The van der Waals surface area contributed by atoms with E-state index in [1.807, 2.05) is 59.3 Å². The molecule has 2 aromatic carbocycles. The van der Waals surface area contributed by atoms with Crippen molar-refractivity contribution in [1.29, 1.82) is 0 Å². The minimum Gasteiger partial charge on any atom is -0.493 e. The van der Waals surface area contributed by atoms with Crippen molar-refractivity contribution in [3.63, 3.8) is 0 Å². The minimum atomic E-state index is -0.335. The first kappa shape index (κ1) is 21.0. The zero-order chi connectivity index (χ0) is 21.6. The summed E-state index contributed by atoms with van der Waals surface area (Å²) in [4.78, 5) is 21.4. The topological polar surface area (TPSA) is 70.5 Å². The average Bonchev–Trinajstić information content (AvgIpc) is 3.48. The molecule has 0 aliphatic rings. The number of carbonyl (C=O) groups is 1. The summed E-state index contributed by atoms with van der Waals surface area (Å²) < 4.78 is 16.0. The van der Waals surface area contributed by atoms with Crippen LogP contribution in [-0.4, -0.2) is 30.2 Å². The third-order valence-corrected chi connectivity index (χ3v) is 6.34. The van der Waals surface area contributed by atoms with Crippen LogP contribution in [0.5, 0.6) is 11.5 Å². The third kappa shape index (κ3) is 5.10. The largest absolute Gasteiger partial charge is 0.493 e. The van der Waals surface area contributed by atoms with Gasteiger partial charge in [0.25, 0.3) is 0 Å². The van der Waals surface area contributed by atoms with Crippen molar-refractivity contribution >= 4 is 28.6 Å². The summed E-state index contributed by atoms with van der Waals surface area (Å²) in [6.45, 7) is 0.148. The predicted octanol–water partition coefficient (Wildman–Crippen LogP) is 5.24. The van der Waals surface area contributed by atoms with Crippen molar-refractivity contribution in [2.45, 2.75) is 13.0 Å². The van der Waals surface area contributed by atoms with Crippen molar-refractivity contribution in [1.82, 2.24) is 9.97 Å². The monoisotopic (exact) mass is 452 g/mol. The average molecular weight is 453 g/mol. The molecule has 0 spiro atoms. The van der Waals surface area contributed by atoms with Gasteiger partial charge >= 0.3 is 5.97 Å². The Morgan fingerprint density at radius 3 is 2.26 bits per heavy atom. The molecular weight excluding hydrogens is 432 g/mol. The third-order valence-electron chi connectivity index (χ3n) is 4.46. The second-order valence-electron chi connectivity index (χ2n) is 6.56. The summed E-state index contributed by atoms with van der Waals surface area (Å²) in [6.07, 6.45) is 0.111. The van der Waals surface area contributed by atoms with E-state index in [2.05, 4.69) is 9.97 Å². The number of methoxy groups -OCH3 is 2.